The van der Waals surface area contributed by atoms with E-state index >= 15 is 0 Å². The molecule has 2 atom stereocenters. The van der Waals surface area contributed by atoms with Gasteiger partial charge in [0.25, 0.3) is 0 Å². The SMILES string of the molecule is COc1ccccc1N(C)C(CN)C1CCCO1. The molecule has 0 aromatic heterocycles. The van der Waals surface area contributed by atoms with Gasteiger partial charge in [0.1, 0.15) is 5.75 Å². The summed E-state index contributed by atoms with van der Waals surface area (Å²) in [5.41, 5.74) is 6.98. The zero-order valence-corrected chi connectivity index (χ0v) is 11.1. The third-order valence-corrected chi connectivity index (χ3v) is 3.60. The first-order valence-corrected chi connectivity index (χ1v) is 6.45. The predicted molar refractivity (Wildman–Crippen MR) is 73.2 cm³/mol. The molecule has 1 fully saturated rings. The van der Waals surface area contributed by atoms with Crippen LogP contribution in [0.15, 0.2) is 24.3 Å². The fourth-order valence-corrected chi connectivity index (χ4v) is 2.57. The maximum Gasteiger partial charge on any atom is 0.142 e. The van der Waals surface area contributed by atoms with Crippen LogP contribution in [0, 0.1) is 0 Å². The Hall–Kier alpha value is -1.26. The first kappa shape index (κ1) is 13.2. The standard InChI is InChI=1S/C14H22N2O2/c1-16(11-6-3-4-7-13(11)17-2)12(10-15)14-8-5-9-18-14/h3-4,6-7,12,14H,5,8-10,15H2,1-2H3. The minimum Gasteiger partial charge on any atom is -0.495 e. The molecule has 1 aliphatic heterocycles. The van der Waals surface area contributed by atoms with Gasteiger partial charge < -0.3 is 20.1 Å². The number of anilines is 1. The molecule has 1 saturated heterocycles. The summed E-state index contributed by atoms with van der Waals surface area (Å²) in [6, 6.07) is 8.20. The molecule has 4 heteroatoms. The molecule has 2 rings (SSSR count). The van der Waals surface area contributed by atoms with E-state index in [0.29, 0.717) is 6.54 Å². The van der Waals surface area contributed by atoms with E-state index < -0.39 is 0 Å². The fourth-order valence-electron chi connectivity index (χ4n) is 2.57. The summed E-state index contributed by atoms with van der Waals surface area (Å²) in [5, 5.41) is 0. The zero-order chi connectivity index (χ0) is 13.0. The molecule has 2 N–H and O–H groups in total. The third-order valence-electron chi connectivity index (χ3n) is 3.60. The van der Waals surface area contributed by atoms with Crippen LogP contribution in [-0.2, 0) is 4.74 Å². The minimum absolute atomic E-state index is 0.198. The van der Waals surface area contributed by atoms with Crippen LogP contribution in [-0.4, -0.2) is 39.5 Å². The van der Waals surface area contributed by atoms with Crippen LogP contribution in [0.3, 0.4) is 0 Å². The van der Waals surface area contributed by atoms with Crippen molar-refractivity contribution in [1.82, 2.24) is 0 Å². The summed E-state index contributed by atoms with van der Waals surface area (Å²) in [6.45, 7) is 1.43. The van der Waals surface area contributed by atoms with Crippen molar-refractivity contribution >= 4 is 5.69 Å². The van der Waals surface area contributed by atoms with Crippen LogP contribution in [0.1, 0.15) is 12.8 Å². The fraction of sp³-hybridized carbons (Fsp3) is 0.571. The largest absolute Gasteiger partial charge is 0.495 e. The Balaban J connectivity index is 2.19. The van der Waals surface area contributed by atoms with Gasteiger partial charge in [-0.2, -0.15) is 0 Å². The highest BCUT2D eigenvalue weighted by Gasteiger charge is 2.29. The molecule has 18 heavy (non-hydrogen) atoms. The van der Waals surface area contributed by atoms with E-state index in [1.54, 1.807) is 7.11 Å². The molecule has 0 aliphatic carbocycles. The Bertz CT molecular complexity index is 378. The van der Waals surface area contributed by atoms with Gasteiger partial charge in [-0.25, -0.2) is 0 Å². The molecule has 1 aliphatic rings. The zero-order valence-electron chi connectivity index (χ0n) is 11.1. The number of hydrogen-bond acceptors (Lipinski definition) is 4. The van der Waals surface area contributed by atoms with Gasteiger partial charge in [0, 0.05) is 20.2 Å². The number of benzene rings is 1. The second-order valence-corrected chi connectivity index (χ2v) is 4.64. The molecule has 0 radical (unpaired) electrons. The Morgan fingerprint density at radius 1 is 1.50 bits per heavy atom. The number of methoxy groups -OCH3 is 1. The number of nitrogens with zero attached hydrogens (tertiary/aromatic N) is 1. The van der Waals surface area contributed by atoms with Crippen molar-refractivity contribution in [2.45, 2.75) is 25.0 Å². The Morgan fingerprint density at radius 3 is 2.89 bits per heavy atom. The van der Waals surface area contributed by atoms with Crippen LogP contribution in [0.2, 0.25) is 0 Å². The van der Waals surface area contributed by atoms with Crippen molar-refractivity contribution in [2.75, 3.05) is 32.2 Å². The summed E-state index contributed by atoms with van der Waals surface area (Å²) in [5.74, 6) is 0.872. The first-order valence-electron chi connectivity index (χ1n) is 6.45. The lowest BCUT2D eigenvalue weighted by Crippen LogP contribution is -2.46. The molecule has 4 nitrogen and oxygen atoms in total. The molecule has 0 amide bonds. The van der Waals surface area contributed by atoms with Crippen molar-refractivity contribution < 1.29 is 9.47 Å². The monoisotopic (exact) mass is 250 g/mol. The number of rotatable bonds is 5. The maximum atomic E-state index is 5.92. The van der Waals surface area contributed by atoms with Crippen LogP contribution < -0.4 is 15.4 Å². The molecule has 0 saturated carbocycles. The Kier molecular flexibility index (Phi) is 4.44. The molecular formula is C14H22N2O2. The Morgan fingerprint density at radius 2 is 2.28 bits per heavy atom. The quantitative estimate of drug-likeness (QED) is 0.863. The van der Waals surface area contributed by atoms with Gasteiger partial charge in [-0.05, 0) is 25.0 Å². The van der Waals surface area contributed by atoms with Gasteiger partial charge in [-0.1, -0.05) is 12.1 Å². The van der Waals surface area contributed by atoms with E-state index in [9.17, 15) is 0 Å². The van der Waals surface area contributed by atoms with Gasteiger partial charge in [-0.3, -0.25) is 0 Å². The third kappa shape index (κ3) is 2.60. The average Bonchev–Trinajstić information content (AvgIpc) is 2.93. The highest BCUT2D eigenvalue weighted by molar-refractivity contribution is 5.58. The first-order chi connectivity index (χ1) is 8.77. The van der Waals surface area contributed by atoms with Crippen molar-refractivity contribution in [2.24, 2.45) is 5.73 Å². The number of nitrogens with two attached hydrogens (primary N) is 1. The van der Waals surface area contributed by atoms with Crippen LogP contribution in [0.4, 0.5) is 5.69 Å². The van der Waals surface area contributed by atoms with E-state index in [1.165, 1.54) is 0 Å². The second kappa shape index (κ2) is 6.07. The van der Waals surface area contributed by atoms with Gasteiger partial charge >= 0.3 is 0 Å². The highest BCUT2D eigenvalue weighted by Crippen LogP contribution is 2.30. The highest BCUT2D eigenvalue weighted by atomic mass is 16.5. The molecular weight excluding hydrogens is 228 g/mol. The van der Waals surface area contributed by atoms with Crippen LogP contribution in [0.5, 0.6) is 5.75 Å². The van der Waals surface area contributed by atoms with E-state index in [2.05, 4.69) is 18.0 Å². The van der Waals surface area contributed by atoms with E-state index in [0.717, 1.165) is 30.9 Å². The number of para-hydroxylation sites is 2. The van der Waals surface area contributed by atoms with Crippen LogP contribution >= 0.6 is 0 Å². The van der Waals surface area contributed by atoms with E-state index in [-0.39, 0.29) is 12.1 Å². The van der Waals surface area contributed by atoms with Crippen molar-refractivity contribution in [3.05, 3.63) is 24.3 Å². The van der Waals surface area contributed by atoms with Crippen molar-refractivity contribution in [3.63, 3.8) is 0 Å². The lowest BCUT2D eigenvalue weighted by molar-refractivity contribution is 0.0905. The molecule has 0 spiro atoms. The lowest BCUT2D eigenvalue weighted by atomic mass is 10.1. The van der Waals surface area contributed by atoms with Gasteiger partial charge in [0.05, 0.1) is 24.9 Å². The average molecular weight is 250 g/mol. The summed E-state index contributed by atoms with van der Waals surface area (Å²) in [7, 11) is 3.74. The van der Waals surface area contributed by atoms with Crippen molar-refractivity contribution in [1.29, 1.82) is 0 Å². The molecule has 2 unspecified atom stereocenters. The number of likely N-dealkylation sites (N-methyl/N-ethyl adjacent to an activating group) is 1. The van der Waals surface area contributed by atoms with Gasteiger partial charge in [0.2, 0.25) is 0 Å². The molecule has 0 bridgehead atoms. The second-order valence-electron chi connectivity index (χ2n) is 4.64. The van der Waals surface area contributed by atoms with Gasteiger partial charge in [0.15, 0.2) is 0 Å². The van der Waals surface area contributed by atoms with E-state index in [4.69, 9.17) is 15.2 Å². The van der Waals surface area contributed by atoms with Crippen LogP contribution in [0.25, 0.3) is 0 Å². The Labute approximate surface area is 109 Å². The smallest absolute Gasteiger partial charge is 0.142 e. The maximum absolute atomic E-state index is 5.92. The minimum atomic E-state index is 0.198. The molecule has 1 heterocycles. The normalized spacial score (nSPS) is 20.7. The van der Waals surface area contributed by atoms with Crippen molar-refractivity contribution in [3.8, 4) is 5.75 Å². The number of ether oxygens (including phenoxy) is 2. The van der Waals surface area contributed by atoms with Gasteiger partial charge in [-0.15, -0.1) is 0 Å². The predicted octanol–water partition coefficient (Wildman–Crippen LogP) is 1.64. The summed E-state index contributed by atoms with van der Waals surface area (Å²) in [4.78, 5) is 2.18. The lowest BCUT2D eigenvalue weighted by Gasteiger charge is -2.33. The molecule has 100 valence electrons. The van der Waals surface area contributed by atoms with E-state index in [1.807, 2.05) is 18.2 Å². The summed E-state index contributed by atoms with van der Waals surface area (Å²) >= 11 is 0. The molecule has 1 aromatic carbocycles. The topological polar surface area (TPSA) is 47.7 Å². The number of hydrogen-bond donors (Lipinski definition) is 1. The summed E-state index contributed by atoms with van der Waals surface area (Å²) < 4.78 is 11.2. The molecule has 1 aromatic rings. The summed E-state index contributed by atoms with van der Waals surface area (Å²) in [6.07, 6.45) is 2.44.